The van der Waals surface area contributed by atoms with Gasteiger partial charge in [0.15, 0.2) is 11.3 Å². The highest BCUT2D eigenvalue weighted by Crippen LogP contribution is 2.36. The van der Waals surface area contributed by atoms with Gasteiger partial charge in [0.2, 0.25) is 0 Å². The van der Waals surface area contributed by atoms with Crippen molar-refractivity contribution in [3.05, 3.63) is 52.2 Å². The molecule has 1 aromatic heterocycles. The summed E-state index contributed by atoms with van der Waals surface area (Å²) >= 11 is 12.2. The zero-order valence-electron chi connectivity index (χ0n) is 15.9. The lowest BCUT2D eigenvalue weighted by atomic mass is 10.1. The van der Waals surface area contributed by atoms with E-state index in [1.807, 2.05) is 0 Å². The monoisotopic (exact) mass is 472 g/mol. The molecule has 0 spiro atoms. The van der Waals surface area contributed by atoms with Gasteiger partial charge in [-0.15, -0.1) is 0 Å². The van der Waals surface area contributed by atoms with Crippen LogP contribution in [0.3, 0.4) is 0 Å². The molecular formula is C20H19Cl2FN2O4S. The van der Waals surface area contributed by atoms with Crippen LogP contribution in [0, 0.1) is 6.92 Å². The summed E-state index contributed by atoms with van der Waals surface area (Å²) in [7, 11) is -4.05. The van der Waals surface area contributed by atoms with Crippen LogP contribution >= 0.6 is 23.2 Å². The van der Waals surface area contributed by atoms with Crippen molar-refractivity contribution in [2.75, 3.05) is 17.8 Å². The average molecular weight is 473 g/mol. The zero-order chi connectivity index (χ0) is 21.5. The second-order valence-electron chi connectivity index (χ2n) is 7.07. The van der Waals surface area contributed by atoms with Crippen LogP contribution in [0.4, 0.5) is 10.1 Å². The third-order valence-corrected chi connectivity index (χ3v) is 7.36. The molecule has 1 aliphatic heterocycles. The minimum atomic E-state index is -4.05. The second kappa shape index (κ2) is 8.26. The third-order valence-electron chi connectivity index (χ3n) is 4.96. The third kappa shape index (κ3) is 4.09. The summed E-state index contributed by atoms with van der Waals surface area (Å²) in [5.74, 6) is 0.263. The Labute approximate surface area is 183 Å². The molecular weight excluding hydrogens is 454 g/mol. The molecule has 0 radical (unpaired) electrons. The van der Waals surface area contributed by atoms with Gasteiger partial charge in [-0.3, -0.25) is 4.72 Å². The molecule has 3 aromatic rings. The summed E-state index contributed by atoms with van der Waals surface area (Å²) in [5, 5.41) is 3.92. The molecule has 30 heavy (non-hydrogen) atoms. The minimum absolute atomic E-state index is 0.0558. The summed E-state index contributed by atoms with van der Waals surface area (Å²) in [6.07, 6.45) is 0.104. The van der Waals surface area contributed by atoms with Crippen LogP contribution < -0.4 is 14.8 Å². The number of rotatable bonds is 5. The molecule has 2 N–H and O–H groups in total. The standard InChI is InChI=1S/C20H19Cl2FN2O4S/c1-11-14(21)2-3-15(22)20(11)30(26,27)25-13-8-12-5-7-28-19(12)18(9-13)29-17-4-6-24-10-16(17)23/h2-3,5,7-9,16-17,24-25H,4,6,10H2,1H3/t16-,17-/m1/s1. The Morgan fingerprint density at radius 3 is 2.77 bits per heavy atom. The summed E-state index contributed by atoms with van der Waals surface area (Å²) < 4.78 is 54.2. The summed E-state index contributed by atoms with van der Waals surface area (Å²) in [6, 6.07) is 7.72. The van der Waals surface area contributed by atoms with Gasteiger partial charge in [0.25, 0.3) is 10.0 Å². The molecule has 160 valence electrons. The first-order valence-corrected chi connectivity index (χ1v) is 11.5. The van der Waals surface area contributed by atoms with Crippen molar-refractivity contribution in [3.8, 4) is 5.75 Å². The molecule has 4 rings (SSSR count). The van der Waals surface area contributed by atoms with Crippen LogP contribution in [0.15, 0.2) is 45.9 Å². The van der Waals surface area contributed by atoms with Gasteiger partial charge >= 0.3 is 0 Å². The first-order valence-electron chi connectivity index (χ1n) is 9.26. The van der Waals surface area contributed by atoms with Gasteiger partial charge in [-0.2, -0.15) is 0 Å². The molecule has 6 nitrogen and oxygen atoms in total. The van der Waals surface area contributed by atoms with Gasteiger partial charge in [-0.05, 0) is 49.7 Å². The lowest BCUT2D eigenvalue weighted by molar-refractivity contribution is 0.0736. The van der Waals surface area contributed by atoms with Crippen LogP contribution in [0.5, 0.6) is 5.75 Å². The maximum Gasteiger partial charge on any atom is 0.263 e. The van der Waals surface area contributed by atoms with Crippen LogP contribution in [-0.4, -0.2) is 33.8 Å². The molecule has 2 atom stereocenters. The largest absolute Gasteiger partial charge is 0.483 e. The SMILES string of the molecule is Cc1c(Cl)ccc(Cl)c1S(=O)(=O)Nc1cc(O[C@@H]2CCNC[C@H]2F)c2occc2c1. The number of anilines is 1. The van der Waals surface area contributed by atoms with E-state index in [2.05, 4.69) is 10.0 Å². The van der Waals surface area contributed by atoms with E-state index in [-0.39, 0.29) is 32.9 Å². The van der Waals surface area contributed by atoms with E-state index in [9.17, 15) is 12.8 Å². The number of nitrogens with one attached hydrogen (secondary N) is 2. The number of piperidine rings is 1. The van der Waals surface area contributed by atoms with Crippen LogP contribution in [0.25, 0.3) is 11.0 Å². The summed E-state index contributed by atoms with van der Waals surface area (Å²) in [6.45, 7) is 2.41. The Balaban J connectivity index is 1.71. The number of fused-ring (bicyclic) bond motifs is 1. The van der Waals surface area contributed by atoms with Crippen LogP contribution in [0.2, 0.25) is 10.0 Å². The van der Waals surface area contributed by atoms with Crippen molar-refractivity contribution in [2.24, 2.45) is 0 Å². The molecule has 2 aromatic carbocycles. The first kappa shape index (κ1) is 21.2. The number of hydrogen-bond donors (Lipinski definition) is 2. The minimum Gasteiger partial charge on any atom is -0.483 e. The Kier molecular flexibility index (Phi) is 5.85. The molecule has 1 saturated heterocycles. The highest BCUT2D eigenvalue weighted by molar-refractivity contribution is 7.93. The Bertz CT molecular complexity index is 1200. The van der Waals surface area contributed by atoms with Gasteiger partial charge < -0.3 is 14.5 Å². The second-order valence-corrected chi connectivity index (χ2v) is 9.50. The number of furan rings is 1. The molecule has 0 aliphatic carbocycles. The van der Waals surface area contributed by atoms with Gasteiger partial charge in [0.05, 0.1) is 17.0 Å². The highest BCUT2D eigenvalue weighted by Gasteiger charge is 2.28. The predicted octanol–water partition coefficient (Wildman–Crippen LogP) is 4.93. The lowest BCUT2D eigenvalue weighted by Crippen LogP contribution is -2.44. The maximum absolute atomic E-state index is 14.2. The number of benzene rings is 2. The smallest absolute Gasteiger partial charge is 0.263 e. The van der Waals surface area contributed by atoms with Gasteiger partial charge in [0.1, 0.15) is 17.2 Å². The van der Waals surface area contributed by atoms with Crippen molar-refractivity contribution in [3.63, 3.8) is 0 Å². The Morgan fingerprint density at radius 1 is 1.23 bits per heavy atom. The molecule has 0 unspecified atom stereocenters. The van der Waals surface area contributed by atoms with Crippen LogP contribution in [0.1, 0.15) is 12.0 Å². The topological polar surface area (TPSA) is 80.6 Å². The van der Waals surface area contributed by atoms with Crippen molar-refractivity contribution in [1.29, 1.82) is 0 Å². The predicted molar refractivity (Wildman–Crippen MR) is 115 cm³/mol. The van der Waals surface area contributed by atoms with E-state index in [0.717, 1.165) is 0 Å². The zero-order valence-corrected chi connectivity index (χ0v) is 18.2. The molecule has 0 bridgehead atoms. The quantitative estimate of drug-likeness (QED) is 0.550. The molecule has 0 saturated carbocycles. The molecule has 1 fully saturated rings. The van der Waals surface area contributed by atoms with Crippen molar-refractivity contribution < 1.29 is 22.0 Å². The highest BCUT2D eigenvalue weighted by atomic mass is 35.5. The van der Waals surface area contributed by atoms with Crippen molar-refractivity contribution in [2.45, 2.75) is 30.5 Å². The van der Waals surface area contributed by atoms with E-state index in [4.69, 9.17) is 32.4 Å². The fourth-order valence-corrected chi connectivity index (χ4v) is 5.55. The number of halogens is 3. The number of alkyl halides is 1. The number of sulfonamides is 1. The fraction of sp³-hybridized carbons (Fsp3) is 0.300. The van der Waals surface area contributed by atoms with Gasteiger partial charge in [-0.1, -0.05) is 23.2 Å². The van der Waals surface area contributed by atoms with Gasteiger partial charge in [-0.25, -0.2) is 12.8 Å². The van der Waals surface area contributed by atoms with Crippen LogP contribution in [-0.2, 0) is 10.0 Å². The van der Waals surface area contributed by atoms with E-state index >= 15 is 0 Å². The average Bonchev–Trinajstić information content (AvgIpc) is 3.15. The van der Waals surface area contributed by atoms with Crippen molar-refractivity contribution >= 4 is 49.9 Å². The van der Waals surface area contributed by atoms with E-state index in [1.165, 1.54) is 24.5 Å². The Hall–Kier alpha value is -2.00. The van der Waals surface area contributed by atoms with Crippen molar-refractivity contribution in [1.82, 2.24) is 5.32 Å². The molecule has 2 heterocycles. The first-order chi connectivity index (χ1) is 14.3. The molecule has 0 amide bonds. The maximum atomic E-state index is 14.2. The Morgan fingerprint density at radius 2 is 2.00 bits per heavy atom. The van der Waals surface area contributed by atoms with Gasteiger partial charge in [0, 0.05) is 23.0 Å². The summed E-state index contributed by atoms with van der Waals surface area (Å²) in [4.78, 5) is -0.103. The number of hydrogen-bond acceptors (Lipinski definition) is 5. The fourth-order valence-electron chi connectivity index (χ4n) is 3.46. The van der Waals surface area contributed by atoms with E-state index < -0.39 is 22.3 Å². The normalized spacial score (nSPS) is 19.7. The van der Waals surface area contributed by atoms with E-state index in [0.29, 0.717) is 29.5 Å². The molecule has 1 aliphatic rings. The van der Waals surface area contributed by atoms with E-state index in [1.54, 1.807) is 19.1 Å². The summed E-state index contributed by atoms with van der Waals surface area (Å²) in [5.41, 5.74) is 0.992. The molecule has 10 heteroatoms. The lowest BCUT2D eigenvalue weighted by Gasteiger charge is -2.27. The number of ether oxygens (including phenoxy) is 1.